The standard InChI is InChI=1S/C34H28ClF2N5O6S/c1-43-23-9-7-19(8-10-23)16-44-30-24(36)11-20(12-25(30)37)17-45-32-29(41-42-39)31-27(18-46-33(48-31)21-5-3-2-4-6-21)47-34(32)49-28-13-22(35)15-40-26(28)14-38/h2-13,15,27,29,31-34H,16-18H2,1H3/t27?,29?,31-,32?,33?,34+/m0/s1. The van der Waals surface area contributed by atoms with Gasteiger partial charge in [-0.05, 0) is 47.0 Å². The number of azide groups is 1. The molecule has 0 radical (unpaired) electrons. The van der Waals surface area contributed by atoms with Gasteiger partial charge < -0.3 is 28.4 Å². The maximum Gasteiger partial charge on any atom is 0.191 e. The Hall–Kier alpha value is -4.45. The molecular weight excluding hydrogens is 680 g/mol. The lowest BCUT2D eigenvalue weighted by atomic mass is 9.96. The van der Waals surface area contributed by atoms with Gasteiger partial charge in [0.15, 0.2) is 29.4 Å². The van der Waals surface area contributed by atoms with E-state index in [4.69, 9.17) is 40.0 Å². The van der Waals surface area contributed by atoms with Crippen molar-refractivity contribution in [3.05, 3.63) is 128 Å². The highest BCUT2D eigenvalue weighted by atomic mass is 35.5. The SMILES string of the molecule is COc1ccc(COc2c(F)cc(COC3C(N=[N+]=[N-])[C@H]4OC(c5ccccc5)OCC4O[C@@H]3Sc3cc(Cl)cnc3C#N)cc2F)cc1. The summed E-state index contributed by atoms with van der Waals surface area (Å²) in [6, 6.07) is 20.9. The lowest BCUT2D eigenvalue weighted by Gasteiger charge is -2.48. The van der Waals surface area contributed by atoms with Gasteiger partial charge >= 0.3 is 0 Å². The molecule has 3 heterocycles. The van der Waals surface area contributed by atoms with Crippen LogP contribution in [0.5, 0.6) is 11.5 Å². The third-order valence-electron chi connectivity index (χ3n) is 7.78. The number of hydrogen-bond donors (Lipinski definition) is 0. The molecular formula is C34H28ClF2N5O6S. The van der Waals surface area contributed by atoms with Crippen molar-refractivity contribution in [3.8, 4) is 17.6 Å². The number of ether oxygens (including phenoxy) is 6. The first kappa shape index (κ1) is 34.4. The number of thioether (sulfide) groups is 1. The molecule has 6 rings (SSSR count). The molecule has 2 aliphatic heterocycles. The summed E-state index contributed by atoms with van der Waals surface area (Å²) in [5, 5.41) is 14.0. The molecule has 252 valence electrons. The maximum absolute atomic E-state index is 15.2. The molecule has 2 fully saturated rings. The van der Waals surface area contributed by atoms with Crippen LogP contribution >= 0.6 is 23.4 Å². The zero-order chi connectivity index (χ0) is 34.3. The van der Waals surface area contributed by atoms with Crippen molar-refractivity contribution in [2.24, 2.45) is 5.11 Å². The van der Waals surface area contributed by atoms with Crippen LogP contribution in [0, 0.1) is 23.0 Å². The number of benzene rings is 3. The van der Waals surface area contributed by atoms with Gasteiger partial charge in [0, 0.05) is 21.6 Å². The molecule has 2 saturated heterocycles. The molecule has 3 aromatic carbocycles. The van der Waals surface area contributed by atoms with Gasteiger partial charge in [0.2, 0.25) is 0 Å². The lowest BCUT2D eigenvalue weighted by Crippen LogP contribution is -2.60. The Morgan fingerprint density at radius 1 is 1.06 bits per heavy atom. The third kappa shape index (κ3) is 8.07. The molecule has 0 bridgehead atoms. The Balaban J connectivity index is 1.25. The van der Waals surface area contributed by atoms with Gasteiger partial charge in [-0.1, -0.05) is 70.9 Å². The second kappa shape index (κ2) is 15.8. The summed E-state index contributed by atoms with van der Waals surface area (Å²) in [6.07, 6.45) is -1.96. The first-order valence-corrected chi connectivity index (χ1v) is 16.2. The molecule has 0 saturated carbocycles. The van der Waals surface area contributed by atoms with E-state index in [2.05, 4.69) is 15.0 Å². The van der Waals surface area contributed by atoms with Crippen molar-refractivity contribution in [2.45, 2.75) is 54.2 Å². The van der Waals surface area contributed by atoms with E-state index >= 15 is 8.78 Å². The van der Waals surface area contributed by atoms with Crippen LogP contribution < -0.4 is 9.47 Å². The van der Waals surface area contributed by atoms with E-state index in [0.717, 1.165) is 29.5 Å². The van der Waals surface area contributed by atoms with Crippen LogP contribution in [0.1, 0.15) is 28.7 Å². The molecule has 0 N–H and O–H groups in total. The average Bonchev–Trinajstić information content (AvgIpc) is 3.11. The van der Waals surface area contributed by atoms with E-state index in [0.29, 0.717) is 16.2 Å². The Labute approximate surface area is 289 Å². The van der Waals surface area contributed by atoms with Gasteiger partial charge in [0.05, 0.1) is 31.4 Å². The number of halogens is 3. The third-order valence-corrected chi connectivity index (χ3v) is 9.16. The molecule has 1 aromatic heterocycles. The van der Waals surface area contributed by atoms with E-state index in [1.165, 1.54) is 13.3 Å². The summed E-state index contributed by atoms with van der Waals surface area (Å²) in [5.74, 6) is -1.75. The van der Waals surface area contributed by atoms with Crippen molar-refractivity contribution < 1.29 is 37.2 Å². The summed E-state index contributed by atoms with van der Waals surface area (Å²) >= 11 is 7.28. The number of fused-ring (bicyclic) bond motifs is 1. The van der Waals surface area contributed by atoms with E-state index < -0.39 is 53.5 Å². The fraction of sp³-hybridized carbons (Fsp3) is 0.294. The monoisotopic (exact) mass is 707 g/mol. The molecule has 4 unspecified atom stereocenters. The van der Waals surface area contributed by atoms with Gasteiger partial charge in [0.1, 0.15) is 42.2 Å². The molecule has 0 amide bonds. The van der Waals surface area contributed by atoms with Gasteiger partial charge in [0.25, 0.3) is 0 Å². The van der Waals surface area contributed by atoms with Crippen LogP contribution in [-0.2, 0) is 32.2 Å². The molecule has 2 aliphatic rings. The fourth-order valence-electron chi connectivity index (χ4n) is 5.43. The summed E-state index contributed by atoms with van der Waals surface area (Å²) in [5.41, 5.74) is 10.4. The minimum absolute atomic E-state index is 0.0703. The van der Waals surface area contributed by atoms with Crippen molar-refractivity contribution in [2.75, 3.05) is 13.7 Å². The Morgan fingerprint density at radius 2 is 1.82 bits per heavy atom. The molecule has 11 nitrogen and oxygen atoms in total. The van der Waals surface area contributed by atoms with Crippen molar-refractivity contribution >= 4 is 23.4 Å². The van der Waals surface area contributed by atoms with Crippen molar-refractivity contribution in [3.63, 3.8) is 0 Å². The van der Waals surface area contributed by atoms with Gasteiger partial charge in [-0.3, -0.25) is 0 Å². The highest BCUT2D eigenvalue weighted by molar-refractivity contribution is 7.99. The predicted molar refractivity (Wildman–Crippen MR) is 174 cm³/mol. The molecule has 0 aliphatic carbocycles. The number of nitrogens with zero attached hydrogens (tertiary/aromatic N) is 5. The highest BCUT2D eigenvalue weighted by Gasteiger charge is 2.50. The number of rotatable bonds is 11. The summed E-state index contributed by atoms with van der Waals surface area (Å²) < 4.78 is 65.9. The molecule has 15 heteroatoms. The summed E-state index contributed by atoms with van der Waals surface area (Å²) in [6.45, 7) is -0.276. The Morgan fingerprint density at radius 3 is 2.51 bits per heavy atom. The van der Waals surface area contributed by atoms with Crippen LogP contribution in [0.4, 0.5) is 8.78 Å². The van der Waals surface area contributed by atoms with Crippen LogP contribution in [0.2, 0.25) is 5.02 Å². The van der Waals surface area contributed by atoms with Gasteiger partial charge in [-0.2, -0.15) is 5.26 Å². The first-order valence-electron chi connectivity index (χ1n) is 15.0. The Kier molecular flexibility index (Phi) is 11.1. The quantitative estimate of drug-likeness (QED) is 0.0872. The van der Waals surface area contributed by atoms with E-state index in [9.17, 15) is 10.8 Å². The number of nitriles is 1. The number of methoxy groups -OCH3 is 1. The topological polar surface area (TPSA) is 141 Å². The van der Waals surface area contributed by atoms with E-state index in [1.807, 2.05) is 36.4 Å². The average molecular weight is 708 g/mol. The zero-order valence-corrected chi connectivity index (χ0v) is 27.4. The van der Waals surface area contributed by atoms with Crippen molar-refractivity contribution in [1.29, 1.82) is 5.26 Å². The second-order valence-electron chi connectivity index (χ2n) is 10.9. The summed E-state index contributed by atoms with van der Waals surface area (Å²) in [4.78, 5) is 7.55. The van der Waals surface area contributed by atoms with Crippen LogP contribution in [-0.4, -0.2) is 48.5 Å². The Bertz CT molecular complexity index is 1840. The van der Waals surface area contributed by atoms with Crippen LogP contribution in [0.25, 0.3) is 10.4 Å². The first-order chi connectivity index (χ1) is 23.9. The minimum atomic E-state index is -1.03. The van der Waals surface area contributed by atoms with E-state index in [1.54, 1.807) is 30.3 Å². The number of aromatic nitrogens is 1. The molecule has 4 aromatic rings. The zero-order valence-electron chi connectivity index (χ0n) is 25.8. The predicted octanol–water partition coefficient (Wildman–Crippen LogP) is 7.67. The molecule has 6 atom stereocenters. The lowest BCUT2D eigenvalue weighted by molar-refractivity contribution is -0.300. The number of pyridine rings is 1. The van der Waals surface area contributed by atoms with Gasteiger partial charge in [-0.15, -0.1) is 0 Å². The summed E-state index contributed by atoms with van der Waals surface area (Å²) in [7, 11) is 1.54. The van der Waals surface area contributed by atoms with Crippen LogP contribution in [0.15, 0.2) is 89.0 Å². The largest absolute Gasteiger partial charge is 0.497 e. The maximum atomic E-state index is 15.2. The minimum Gasteiger partial charge on any atom is -0.497 e. The molecule has 49 heavy (non-hydrogen) atoms. The van der Waals surface area contributed by atoms with Crippen LogP contribution in [0.3, 0.4) is 0 Å². The van der Waals surface area contributed by atoms with E-state index in [-0.39, 0.29) is 36.1 Å². The van der Waals surface area contributed by atoms with Gasteiger partial charge in [-0.25, -0.2) is 13.8 Å². The second-order valence-corrected chi connectivity index (χ2v) is 12.5. The normalized spacial score (nSPS) is 23.1. The van der Waals surface area contributed by atoms with Crippen molar-refractivity contribution in [1.82, 2.24) is 4.98 Å². The number of hydrogen-bond acceptors (Lipinski definition) is 10. The fourth-order valence-corrected chi connectivity index (χ4v) is 6.88. The smallest absolute Gasteiger partial charge is 0.191 e. The highest BCUT2D eigenvalue weighted by Crippen LogP contribution is 2.42. The molecule has 0 spiro atoms.